The number of carbonyl (C=O) groups is 1. The second kappa shape index (κ2) is 4.05. The number of anilines is 1. The lowest BCUT2D eigenvalue weighted by atomic mass is 10.3. The Labute approximate surface area is 74.6 Å². The van der Waals surface area contributed by atoms with Gasteiger partial charge in [-0.1, -0.05) is 0 Å². The monoisotopic (exact) mass is 179 g/mol. The highest BCUT2D eigenvalue weighted by Gasteiger charge is 1.94. The third kappa shape index (κ3) is 2.78. The normalized spacial score (nSPS) is 10.2. The number of hydrazone groups is 1. The van der Waals surface area contributed by atoms with Gasteiger partial charge in [0, 0.05) is 6.20 Å². The molecule has 0 fully saturated rings. The van der Waals surface area contributed by atoms with E-state index in [-0.39, 0.29) is 0 Å². The van der Waals surface area contributed by atoms with Crippen LogP contribution in [0.3, 0.4) is 0 Å². The minimum atomic E-state index is -0.731. The van der Waals surface area contributed by atoms with E-state index in [1.807, 2.05) is 5.43 Å². The van der Waals surface area contributed by atoms with Gasteiger partial charge < -0.3 is 11.5 Å². The van der Waals surface area contributed by atoms with Crippen molar-refractivity contribution in [1.82, 2.24) is 10.4 Å². The summed E-state index contributed by atoms with van der Waals surface area (Å²) in [6, 6.07) is 2.65. The van der Waals surface area contributed by atoms with E-state index in [2.05, 4.69) is 10.1 Å². The quantitative estimate of drug-likeness (QED) is 0.427. The molecule has 0 aliphatic carbocycles. The van der Waals surface area contributed by atoms with Gasteiger partial charge in [0.15, 0.2) is 0 Å². The zero-order valence-corrected chi connectivity index (χ0v) is 6.77. The van der Waals surface area contributed by atoms with Gasteiger partial charge in [-0.05, 0) is 12.1 Å². The van der Waals surface area contributed by atoms with Gasteiger partial charge in [-0.15, -0.1) is 0 Å². The summed E-state index contributed by atoms with van der Waals surface area (Å²) in [5.74, 6) is 0. The number of carbonyl (C=O) groups excluding carboxylic acids is 1. The molecule has 0 unspecified atom stereocenters. The van der Waals surface area contributed by atoms with E-state index in [0.717, 1.165) is 0 Å². The Bertz CT molecular complexity index is 335. The average molecular weight is 179 g/mol. The van der Waals surface area contributed by atoms with Crippen molar-refractivity contribution >= 4 is 17.9 Å². The zero-order valence-electron chi connectivity index (χ0n) is 6.77. The molecule has 0 aromatic carbocycles. The maximum atomic E-state index is 10.2. The van der Waals surface area contributed by atoms with Crippen LogP contribution in [0.2, 0.25) is 0 Å². The van der Waals surface area contributed by atoms with Crippen LogP contribution < -0.4 is 16.9 Å². The van der Waals surface area contributed by atoms with Crippen LogP contribution in [0.15, 0.2) is 23.4 Å². The molecule has 0 atom stereocenters. The highest BCUT2D eigenvalue weighted by atomic mass is 16.2. The average Bonchev–Trinajstić information content (AvgIpc) is 2.08. The zero-order chi connectivity index (χ0) is 9.68. The van der Waals surface area contributed by atoms with Crippen molar-refractivity contribution in [3.8, 4) is 0 Å². The largest absolute Gasteiger partial charge is 0.397 e. The first-order chi connectivity index (χ1) is 6.20. The number of nitrogen functional groups attached to an aromatic ring is 1. The lowest BCUT2D eigenvalue weighted by Crippen LogP contribution is -2.24. The van der Waals surface area contributed by atoms with E-state index in [0.29, 0.717) is 11.4 Å². The molecule has 1 rings (SSSR count). The number of primary amides is 1. The molecule has 0 bridgehead atoms. The summed E-state index contributed by atoms with van der Waals surface area (Å²) in [4.78, 5) is 14.1. The van der Waals surface area contributed by atoms with Crippen LogP contribution in [0.1, 0.15) is 5.69 Å². The topological polar surface area (TPSA) is 106 Å². The van der Waals surface area contributed by atoms with Crippen LogP contribution in [0.4, 0.5) is 10.5 Å². The first-order valence-electron chi connectivity index (χ1n) is 3.49. The molecule has 0 aliphatic heterocycles. The first kappa shape index (κ1) is 8.98. The molecular weight excluding hydrogens is 170 g/mol. The van der Waals surface area contributed by atoms with E-state index in [9.17, 15) is 4.79 Å². The Morgan fingerprint density at radius 2 is 2.46 bits per heavy atom. The highest BCUT2D eigenvalue weighted by Crippen LogP contribution is 2.02. The summed E-state index contributed by atoms with van der Waals surface area (Å²) in [7, 11) is 0. The van der Waals surface area contributed by atoms with Gasteiger partial charge in [-0.2, -0.15) is 5.10 Å². The molecule has 6 nitrogen and oxygen atoms in total. The predicted octanol–water partition coefficient (Wildman–Crippen LogP) is -0.334. The number of urea groups is 1. The molecule has 0 saturated carbocycles. The van der Waals surface area contributed by atoms with Gasteiger partial charge in [0.2, 0.25) is 0 Å². The van der Waals surface area contributed by atoms with Crippen LogP contribution in [0.25, 0.3) is 0 Å². The fourth-order valence-corrected chi connectivity index (χ4v) is 0.695. The minimum Gasteiger partial charge on any atom is -0.397 e. The number of rotatable bonds is 2. The second-order valence-electron chi connectivity index (χ2n) is 2.21. The summed E-state index contributed by atoms with van der Waals surface area (Å²) in [5, 5.41) is 3.51. The van der Waals surface area contributed by atoms with Crippen molar-refractivity contribution in [3.05, 3.63) is 24.0 Å². The number of aromatic nitrogens is 1. The number of nitrogens with one attached hydrogen (secondary N) is 1. The summed E-state index contributed by atoms with van der Waals surface area (Å²) in [6.45, 7) is 0. The number of hydrogen-bond acceptors (Lipinski definition) is 4. The summed E-state index contributed by atoms with van der Waals surface area (Å²) in [6.07, 6.45) is 2.89. The molecule has 0 radical (unpaired) electrons. The number of pyridine rings is 1. The third-order valence-corrected chi connectivity index (χ3v) is 1.23. The molecule has 6 heteroatoms. The standard InChI is InChI=1S/C7H9N5O/c8-5-2-1-3-10-6(5)4-11-12-7(9)13/h1-4H,8H2,(H3,9,12,13). The van der Waals surface area contributed by atoms with E-state index in [4.69, 9.17) is 11.5 Å². The van der Waals surface area contributed by atoms with Crippen molar-refractivity contribution in [2.24, 2.45) is 10.8 Å². The van der Waals surface area contributed by atoms with Gasteiger partial charge in [0.05, 0.1) is 11.9 Å². The maximum absolute atomic E-state index is 10.2. The summed E-state index contributed by atoms with van der Waals surface area (Å²) < 4.78 is 0. The number of hydrogen-bond donors (Lipinski definition) is 3. The van der Waals surface area contributed by atoms with Crippen molar-refractivity contribution in [2.45, 2.75) is 0 Å². The van der Waals surface area contributed by atoms with Crippen molar-refractivity contribution in [3.63, 3.8) is 0 Å². The SMILES string of the molecule is NC(=O)NN=Cc1ncccc1N. The van der Waals surface area contributed by atoms with Gasteiger partial charge in [0.25, 0.3) is 0 Å². The van der Waals surface area contributed by atoms with Crippen LogP contribution in [0, 0.1) is 0 Å². The molecular formula is C7H9N5O. The predicted molar refractivity (Wildman–Crippen MR) is 49.0 cm³/mol. The van der Waals surface area contributed by atoms with Crippen LogP contribution in [-0.2, 0) is 0 Å². The Morgan fingerprint density at radius 3 is 3.08 bits per heavy atom. The molecule has 0 saturated heterocycles. The van der Waals surface area contributed by atoms with Gasteiger partial charge in [0.1, 0.15) is 5.69 Å². The van der Waals surface area contributed by atoms with Crippen molar-refractivity contribution in [1.29, 1.82) is 0 Å². The second-order valence-corrected chi connectivity index (χ2v) is 2.21. The van der Waals surface area contributed by atoms with E-state index >= 15 is 0 Å². The number of amides is 2. The third-order valence-electron chi connectivity index (χ3n) is 1.23. The lowest BCUT2D eigenvalue weighted by molar-refractivity contribution is 0.249. The molecule has 1 heterocycles. The van der Waals surface area contributed by atoms with Gasteiger partial charge in [-0.3, -0.25) is 4.98 Å². The van der Waals surface area contributed by atoms with Crippen molar-refractivity contribution in [2.75, 3.05) is 5.73 Å². The Hall–Kier alpha value is -2.11. The van der Waals surface area contributed by atoms with Gasteiger partial charge in [-0.25, -0.2) is 10.2 Å². The molecule has 1 aromatic heterocycles. The Kier molecular flexibility index (Phi) is 2.80. The molecule has 0 aliphatic rings. The van der Waals surface area contributed by atoms with E-state index in [1.165, 1.54) is 6.21 Å². The molecule has 2 amide bonds. The smallest absolute Gasteiger partial charge is 0.332 e. The van der Waals surface area contributed by atoms with E-state index in [1.54, 1.807) is 18.3 Å². The fourth-order valence-electron chi connectivity index (χ4n) is 0.695. The Balaban J connectivity index is 2.68. The minimum absolute atomic E-state index is 0.483. The van der Waals surface area contributed by atoms with Gasteiger partial charge >= 0.3 is 6.03 Å². The molecule has 0 spiro atoms. The van der Waals surface area contributed by atoms with Crippen LogP contribution in [-0.4, -0.2) is 17.2 Å². The molecule has 5 N–H and O–H groups in total. The van der Waals surface area contributed by atoms with Crippen LogP contribution >= 0.6 is 0 Å². The maximum Gasteiger partial charge on any atom is 0.332 e. The summed E-state index contributed by atoms with van der Waals surface area (Å²) in [5.41, 5.74) is 13.3. The fraction of sp³-hybridized carbons (Fsp3) is 0. The van der Waals surface area contributed by atoms with Crippen LogP contribution in [0.5, 0.6) is 0 Å². The number of nitrogens with two attached hydrogens (primary N) is 2. The molecule has 13 heavy (non-hydrogen) atoms. The number of nitrogens with zero attached hydrogens (tertiary/aromatic N) is 2. The lowest BCUT2D eigenvalue weighted by Gasteiger charge is -1.96. The molecule has 68 valence electrons. The Morgan fingerprint density at radius 1 is 1.69 bits per heavy atom. The highest BCUT2D eigenvalue weighted by molar-refractivity contribution is 5.85. The van der Waals surface area contributed by atoms with E-state index < -0.39 is 6.03 Å². The molecule has 1 aromatic rings. The van der Waals surface area contributed by atoms with Crippen molar-refractivity contribution < 1.29 is 4.79 Å². The summed E-state index contributed by atoms with van der Waals surface area (Å²) >= 11 is 0. The first-order valence-corrected chi connectivity index (χ1v) is 3.49.